The fraction of sp³-hybridized carbons (Fsp3) is 1.00. The van der Waals surface area contributed by atoms with Crippen LogP contribution in [-0.2, 0) is 4.43 Å². The van der Waals surface area contributed by atoms with Crippen LogP contribution in [0.15, 0.2) is 0 Å². The van der Waals surface area contributed by atoms with E-state index in [9.17, 15) is 0 Å². The summed E-state index contributed by atoms with van der Waals surface area (Å²) in [5.74, 6) is 0. The normalized spacial score (nSPS) is 22.2. The molecule has 0 saturated heterocycles. The first-order valence-electron chi connectivity index (χ1n) is 5.52. The Bertz CT molecular complexity index is 137. The number of rotatable bonds is 4. The Morgan fingerprint density at radius 3 is 2.38 bits per heavy atom. The fourth-order valence-corrected chi connectivity index (χ4v) is 5.20. The van der Waals surface area contributed by atoms with Crippen LogP contribution in [-0.4, -0.2) is 34.5 Å². The Labute approximate surface area is 84.1 Å². The minimum absolute atomic E-state index is 0.906. The van der Waals surface area contributed by atoms with E-state index in [2.05, 4.69) is 18.5 Å². The van der Waals surface area contributed by atoms with E-state index in [0.717, 1.165) is 12.1 Å². The molecule has 0 aromatic carbocycles. The van der Waals surface area contributed by atoms with Gasteiger partial charge in [-0.15, -0.1) is 0 Å². The van der Waals surface area contributed by atoms with Gasteiger partial charge in [0.1, 0.15) is 0 Å². The van der Waals surface area contributed by atoms with Crippen LogP contribution in [0.2, 0.25) is 5.54 Å². The highest BCUT2D eigenvalue weighted by molar-refractivity contribution is 6.50. The molecule has 1 rings (SSSR count). The molecule has 0 heterocycles. The van der Waals surface area contributed by atoms with E-state index in [4.69, 9.17) is 4.43 Å². The molecule has 0 amide bonds. The maximum Gasteiger partial charge on any atom is 0.257 e. The number of hydrogen-bond donors (Lipinski definition) is 0. The summed E-state index contributed by atoms with van der Waals surface area (Å²) < 4.78 is 8.16. The Morgan fingerprint density at radius 1 is 1.31 bits per heavy atom. The molecule has 1 aliphatic carbocycles. The lowest BCUT2D eigenvalue weighted by molar-refractivity contribution is 0.314. The van der Waals surface area contributed by atoms with Gasteiger partial charge in [-0.2, -0.15) is 0 Å². The Kier molecular flexibility index (Phi) is 4.99. The summed E-state index contributed by atoms with van der Waals surface area (Å²) in [5, 5.41) is 0. The lowest BCUT2D eigenvalue weighted by atomic mass is 10.0. The fourth-order valence-electron chi connectivity index (χ4n) is 2.33. The molecular weight excluding hydrogens is 178 g/mol. The maximum absolute atomic E-state index is 5.71. The van der Waals surface area contributed by atoms with E-state index in [1.54, 1.807) is 0 Å². The Balaban J connectivity index is 2.43. The van der Waals surface area contributed by atoms with Gasteiger partial charge in [0.2, 0.25) is 0 Å². The summed E-state index contributed by atoms with van der Waals surface area (Å²) in [6.07, 6.45) is 7.12. The van der Waals surface area contributed by atoms with Gasteiger partial charge in [-0.25, -0.2) is 0 Å². The average Bonchev–Trinajstić information content (AvgIpc) is 2.20. The second-order valence-electron chi connectivity index (χ2n) is 4.10. The Hall–Kier alpha value is 0.137. The molecule has 3 heteroatoms. The van der Waals surface area contributed by atoms with Crippen molar-refractivity contribution in [3.63, 3.8) is 0 Å². The Morgan fingerprint density at radius 2 is 1.92 bits per heavy atom. The first-order chi connectivity index (χ1) is 6.29. The summed E-state index contributed by atoms with van der Waals surface area (Å²) in [5.41, 5.74) is 0.906. The van der Waals surface area contributed by atoms with Gasteiger partial charge in [0.25, 0.3) is 9.20 Å². The van der Waals surface area contributed by atoms with E-state index in [-0.39, 0.29) is 0 Å². The summed E-state index contributed by atoms with van der Waals surface area (Å²) in [7, 11) is 3.06. The predicted molar refractivity (Wildman–Crippen MR) is 59.3 cm³/mol. The third-order valence-corrected chi connectivity index (χ3v) is 6.42. The van der Waals surface area contributed by atoms with Crippen LogP contribution in [0.3, 0.4) is 0 Å². The molecule has 1 atom stereocenters. The number of nitrogens with zero attached hydrogens (tertiary/aromatic N) is 1. The highest BCUT2D eigenvalue weighted by Gasteiger charge is 2.28. The molecular formula is C10H23NOSi. The van der Waals surface area contributed by atoms with E-state index < -0.39 is 9.20 Å². The molecule has 0 N–H and O–H groups in total. The average molecular weight is 201 g/mol. The van der Waals surface area contributed by atoms with Crippen LogP contribution in [0, 0.1) is 0 Å². The summed E-state index contributed by atoms with van der Waals surface area (Å²) in [4.78, 5) is 0. The summed E-state index contributed by atoms with van der Waals surface area (Å²) >= 11 is 0. The maximum atomic E-state index is 5.71. The first-order valence-corrected chi connectivity index (χ1v) is 7.18. The second-order valence-corrected chi connectivity index (χ2v) is 7.17. The van der Waals surface area contributed by atoms with E-state index in [1.165, 1.54) is 32.1 Å². The standard InChI is InChI=1S/C10H23NOSi/c1-4-11(2)13(12-3)10-8-6-5-7-9-10/h10,13H,4-9H2,1-3H3. The van der Waals surface area contributed by atoms with Crippen molar-refractivity contribution < 1.29 is 4.43 Å². The summed E-state index contributed by atoms with van der Waals surface area (Å²) in [6, 6.07) is 0. The van der Waals surface area contributed by atoms with Crippen molar-refractivity contribution >= 4 is 9.20 Å². The van der Waals surface area contributed by atoms with Crippen LogP contribution in [0.25, 0.3) is 0 Å². The van der Waals surface area contributed by atoms with E-state index in [0.29, 0.717) is 0 Å². The van der Waals surface area contributed by atoms with Crippen LogP contribution in [0.4, 0.5) is 0 Å². The minimum atomic E-state index is -1.06. The zero-order chi connectivity index (χ0) is 9.68. The predicted octanol–water partition coefficient (Wildman–Crippen LogP) is 2.14. The van der Waals surface area contributed by atoms with Crippen LogP contribution >= 0.6 is 0 Å². The molecule has 2 nitrogen and oxygen atoms in total. The third kappa shape index (κ3) is 3.08. The van der Waals surface area contributed by atoms with E-state index in [1.807, 2.05) is 7.11 Å². The molecule has 0 spiro atoms. The number of hydrogen-bond acceptors (Lipinski definition) is 2. The SMILES string of the molecule is CCN(C)[SiH](OC)C1CCCCC1. The van der Waals surface area contributed by atoms with Gasteiger partial charge in [-0.1, -0.05) is 26.2 Å². The zero-order valence-corrected chi connectivity index (χ0v) is 10.4. The van der Waals surface area contributed by atoms with E-state index >= 15 is 0 Å². The van der Waals surface area contributed by atoms with Crippen LogP contribution in [0.1, 0.15) is 39.0 Å². The lowest BCUT2D eigenvalue weighted by Crippen LogP contribution is -2.42. The smallest absolute Gasteiger partial charge is 0.257 e. The largest absolute Gasteiger partial charge is 0.408 e. The lowest BCUT2D eigenvalue weighted by Gasteiger charge is -2.33. The molecule has 0 aromatic heterocycles. The van der Waals surface area contributed by atoms with Crippen molar-refractivity contribution in [3.05, 3.63) is 0 Å². The zero-order valence-electron chi connectivity index (χ0n) is 9.25. The third-order valence-electron chi connectivity index (χ3n) is 3.23. The van der Waals surface area contributed by atoms with Gasteiger partial charge in [-0.05, 0) is 32.0 Å². The van der Waals surface area contributed by atoms with Crippen molar-refractivity contribution in [2.24, 2.45) is 0 Å². The van der Waals surface area contributed by atoms with Crippen LogP contribution < -0.4 is 0 Å². The molecule has 0 radical (unpaired) electrons. The topological polar surface area (TPSA) is 12.5 Å². The monoisotopic (exact) mass is 201 g/mol. The van der Waals surface area contributed by atoms with Gasteiger partial charge in [0.15, 0.2) is 0 Å². The van der Waals surface area contributed by atoms with Gasteiger partial charge in [0, 0.05) is 7.11 Å². The molecule has 1 saturated carbocycles. The van der Waals surface area contributed by atoms with Gasteiger partial charge in [0.05, 0.1) is 0 Å². The van der Waals surface area contributed by atoms with Crippen molar-refractivity contribution in [1.29, 1.82) is 0 Å². The van der Waals surface area contributed by atoms with Crippen molar-refractivity contribution in [2.75, 3.05) is 20.7 Å². The first kappa shape index (κ1) is 11.2. The second kappa shape index (κ2) is 5.78. The van der Waals surface area contributed by atoms with Crippen molar-refractivity contribution in [2.45, 2.75) is 44.6 Å². The molecule has 1 fully saturated rings. The molecule has 1 unspecified atom stereocenters. The van der Waals surface area contributed by atoms with Crippen molar-refractivity contribution in [3.8, 4) is 0 Å². The molecule has 1 aliphatic rings. The van der Waals surface area contributed by atoms with Crippen LogP contribution in [0.5, 0.6) is 0 Å². The summed E-state index contributed by atoms with van der Waals surface area (Å²) in [6.45, 7) is 3.36. The van der Waals surface area contributed by atoms with Gasteiger partial charge in [-0.3, -0.25) is 0 Å². The minimum Gasteiger partial charge on any atom is -0.408 e. The molecule has 0 aliphatic heterocycles. The van der Waals surface area contributed by atoms with Gasteiger partial charge >= 0.3 is 0 Å². The highest BCUT2D eigenvalue weighted by atomic mass is 28.3. The van der Waals surface area contributed by atoms with Gasteiger partial charge < -0.3 is 8.99 Å². The molecule has 0 bridgehead atoms. The molecule has 0 aromatic rings. The molecule has 78 valence electrons. The molecule has 13 heavy (non-hydrogen) atoms. The highest BCUT2D eigenvalue weighted by Crippen LogP contribution is 2.31. The van der Waals surface area contributed by atoms with Crippen molar-refractivity contribution in [1.82, 2.24) is 4.57 Å². The quantitative estimate of drug-likeness (QED) is 0.646.